The van der Waals surface area contributed by atoms with E-state index in [4.69, 9.17) is 4.42 Å². The molecule has 1 aliphatic carbocycles. The Labute approximate surface area is 110 Å². The van der Waals surface area contributed by atoms with E-state index in [1.165, 1.54) is 25.7 Å². The minimum Gasteiger partial charge on any atom is -0.445 e. The van der Waals surface area contributed by atoms with Crippen LogP contribution in [0.15, 0.2) is 10.6 Å². The fourth-order valence-electron chi connectivity index (χ4n) is 2.59. The molecule has 1 aromatic rings. The lowest BCUT2D eigenvalue weighted by Gasteiger charge is -2.06. The van der Waals surface area contributed by atoms with E-state index >= 15 is 0 Å². The third kappa shape index (κ3) is 4.13. The number of hydrogen-bond donors (Lipinski definition) is 1. The quantitative estimate of drug-likeness (QED) is 0.753. The molecular weight excluding hydrogens is 224 g/mol. The van der Waals surface area contributed by atoms with Crippen LogP contribution < -0.4 is 5.32 Å². The highest BCUT2D eigenvalue weighted by Crippen LogP contribution is 2.34. The molecule has 102 valence electrons. The Morgan fingerprint density at radius 3 is 2.89 bits per heavy atom. The molecule has 0 aromatic carbocycles. The van der Waals surface area contributed by atoms with Gasteiger partial charge >= 0.3 is 0 Å². The van der Waals surface area contributed by atoms with Crippen molar-refractivity contribution in [2.75, 3.05) is 13.1 Å². The molecule has 18 heavy (non-hydrogen) atoms. The lowest BCUT2D eigenvalue weighted by atomic mass is 10.1. The van der Waals surface area contributed by atoms with E-state index in [2.05, 4.69) is 24.1 Å². The summed E-state index contributed by atoms with van der Waals surface area (Å²) in [5.74, 6) is 3.41. The van der Waals surface area contributed by atoms with E-state index in [0.717, 1.165) is 43.5 Å². The standard InChI is InChI=1S/C15H26N2O/c1-12(2)10-16-9-5-8-15-17-11-14(18-15)13-6-3-4-7-13/h11-13,16H,3-10H2,1-2H3. The molecule has 3 heteroatoms. The molecule has 0 bridgehead atoms. The van der Waals surface area contributed by atoms with Gasteiger partial charge in [0.1, 0.15) is 5.76 Å². The number of rotatable bonds is 7. The van der Waals surface area contributed by atoms with Crippen LogP contribution in [0.25, 0.3) is 0 Å². The lowest BCUT2D eigenvalue weighted by Crippen LogP contribution is -2.21. The molecular formula is C15H26N2O. The number of nitrogens with one attached hydrogen (secondary N) is 1. The number of oxazole rings is 1. The summed E-state index contributed by atoms with van der Waals surface area (Å²) in [6.45, 7) is 6.61. The smallest absolute Gasteiger partial charge is 0.194 e. The summed E-state index contributed by atoms with van der Waals surface area (Å²) in [4.78, 5) is 4.40. The molecule has 0 aliphatic heterocycles. The molecule has 1 fully saturated rings. The van der Waals surface area contributed by atoms with Crippen LogP contribution in [0.1, 0.15) is 63.5 Å². The molecule has 3 nitrogen and oxygen atoms in total. The number of aromatic nitrogens is 1. The van der Waals surface area contributed by atoms with Gasteiger partial charge in [-0.2, -0.15) is 0 Å². The molecule has 1 N–H and O–H groups in total. The summed E-state index contributed by atoms with van der Waals surface area (Å²) in [6.07, 6.45) is 9.27. The monoisotopic (exact) mass is 250 g/mol. The summed E-state index contributed by atoms with van der Waals surface area (Å²) in [5, 5.41) is 3.45. The minimum atomic E-state index is 0.644. The molecule has 0 saturated heterocycles. The summed E-state index contributed by atoms with van der Waals surface area (Å²) >= 11 is 0. The first-order valence-electron chi connectivity index (χ1n) is 7.41. The fraction of sp³-hybridized carbons (Fsp3) is 0.800. The Morgan fingerprint density at radius 2 is 2.17 bits per heavy atom. The zero-order valence-electron chi connectivity index (χ0n) is 11.7. The van der Waals surface area contributed by atoms with E-state index < -0.39 is 0 Å². The van der Waals surface area contributed by atoms with Crippen LogP contribution in [0.2, 0.25) is 0 Å². The average Bonchev–Trinajstić information content (AvgIpc) is 2.98. The van der Waals surface area contributed by atoms with Crippen molar-refractivity contribution >= 4 is 0 Å². The Kier molecular flexibility index (Phi) is 5.24. The molecule has 1 aliphatic rings. The fourth-order valence-corrected chi connectivity index (χ4v) is 2.59. The molecule has 1 aromatic heterocycles. The van der Waals surface area contributed by atoms with Crippen molar-refractivity contribution in [1.29, 1.82) is 0 Å². The normalized spacial score (nSPS) is 16.8. The van der Waals surface area contributed by atoms with Crippen LogP contribution in [0.3, 0.4) is 0 Å². The van der Waals surface area contributed by atoms with Crippen molar-refractivity contribution in [3.8, 4) is 0 Å². The Morgan fingerprint density at radius 1 is 1.39 bits per heavy atom. The van der Waals surface area contributed by atoms with Gasteiger partial charge in [-0.15, -0.1) is 0 Å². The molecule has 0 unspecified atom stereocenters. The molecule has 0 atom stereocenters. The number of hydrogen-bond acceptors (Lipinski definition) is 3. The predicted molar refractivity (Wildman–Crippen MR) is 73.7 cm³/mol. The average molecular weight is 250 g/mol. The number of nitrogens with zero attached hydrogens (tertiary/aromatic N) is 1. The van der Waals surface area contributed by atoms with Crippen LogP contribution in [-0.4, -0.2) is 18.1 Å². The minimum absolute atomic E-state index is 0.644. The Balaban J connectivity index is 1.67. The highest BCUT2D eigenvalue weighted by atomic mass is 16.4. The summed E-state index contributed by atoms with van der Waals surface area (Å²) in [5.41, 5.74) is 0. The van der Waals surface area contributed by atoms with Crippen molar-refractivity contribution in [2.24, 2.45) is 5.92 Å². The van der Waals surface area contributed by atoms with Crippen LogP contribution in [0.5, 0.6) is 0 Å². The highest BCUT2D eigenvalue weighted by Gasteiger charge is 2.20. The van der Waals surface area contributed by atoms with E-state index in [0.29, 0.717) is 5.92 Å². The van der Waals surface area contributed by atoms with Crippen molar-refractivity contribution in [1.82, 2.24) is 10.3 Å². The Hall–Kier alpha value is -0.830. The van der Waals surface area contributed by atoms with E-state index in [1.807, 2.05) is 6.20 Å². The predicted octanol–water partition coefficient (Wildman–Crippen LogP) is 3.51. The SMILES string of the molecule is CC(C)CNCCCc1ncc(C2CCCC2)o1. The number of aryl methyl sites for hydroxylation is 1. The first-order chi connectivity index (χ1) is 8.75. The largest absolute Gasteiger partial charge is 0.445 e. The van der Waals surface area contributed by atoms with E-state index in [9.17, 15) is 0 Å². The molecule has 1 saturated carbocycles. The van der Waals surface area contributed by atoms with Crippen molar-refractivity contribution in [2.45, 2.75) is 58.3 Å². The van der Waals surface area contributed by atoms with Crippen LogP contribution >= 0.6 is 0 Å². The molecule has 0 amide bonds. The first-order valence-corrected chi connectivity index (χ1v) is 7.41. The topological polar surface area (TPSA) is 38.1 Å². The molecule has 2 rings (SSSR count). The third-order valence-corrected chi connectivity index (χ3v) is 3.63. The lowest BCUT2D eigenvalue weighted by molar-refractivity contribution is 0.417. The van der Waals surface area contributed by atoms with E-state index in [1.54, 1.807) is 0 Å². The van der Waals surface area contributed by atoms with Crippen LogP contribution in [0.4, 0.5) is 0 Å². The maximum absolute atomic E-state index is 5.86. The molecule has 1 heterocycles. The second-order valence-corrected chi connectivity index (χ2v) is 5.84. The second kappa shape index (κ2) is 6.93. The first kappa shape index (κ1) is 13.6. The zero-order valence-corrected chi connectivity index (χ0v) is 11.7. The van der Waals surface area contributed by atoms with Gasteiger partial charge in [0.25, 0.3) is 0 Å². The van der Waals surface area contributed by atoms with Gasteiger partial charge in [0.15, 0.2) is 5.89 Å². The summed E-state index contributed by atoms with van der Waals surface area (Å²) in [7, 11) is 0. The summed E-state index contributed by atoms with van der Waals surface area (Å²) < 4.78 is 5.86. The van der Waals surface area contributed by atoms with Crippen molar-refractivity contribution < 1.29 is 4.42 Å². The van der Waals surface area contributed by atoms with Crippen molar-refractivity contribution in [3.05, 3.63) is 17.8 Å². The maximum atomic E-state index is 5.86. The zero-order chi connectivity index (χ0) is 12.8. The van der Waals surface area contributed by atoms with Gasteiger partial charge in [-0.1, -0.05) is 26.7 Å². The second-order valence-electron chi connectivity index (χ2n) is 5.84. The summed E-state index contributed by atoms with van der Waals surface area (Å²) in [6, 6.07) is 0. The van der Waals surface area contributed by atoms with Crippen molar-refractivity contribution in [3.63, 3.8) is 0 Å². The maximum Gasteiger partial charge on any atom is 0.194 e. The van der Waals surface area contributed by atoms with Gasteiger partial charge < -0.3 is 9.73 Å². The highest BCUT2D eigenvalue weighted by molar-refractivity contribution is 5.03. The van der Waals surface area contributed by atoms with Gasteiger partial charge in [0, 0.05) is 12.3 Å². The van der Waals surface area contributed by atoms with Gasteiger partial charge in [-0.3, -0.25) is 0 Å². The molecule has 0 radical (unpaired) electrons. The van der Waals surface area contributed by atoms with Crippen LogP contribution in [-0.2, 0) is 6.42 Å². The van der Waals surface area contributed by atoms with Gasteiger partial charge in [-0.25, -0.2) is 4.98 Å². The van der Waals surface area contributed by atoms with Crippen LogP contribution in [0, 0.1) is 5.92 Å². The molecule has 0 spiro atoms. The third-order valence-electron chi connectivity index (χ3n) is 3.63. The Bertz CT molecular complexity index is 340. The van der Waals surface area contributed by atoms with Gasteiger partial charge in [-0.05, 0) is 38.3 Å². The van der Waals surface area contributed by atoms with Gasteiger partial charge in [0.2, 0.25) is 0 Å². The van der Waals surface area contributed by atoms with Gasteiger partial charge in [0.05, 0.1) is 6.20 Å². The van der Waals surface area contributed by atoms with E-state index in [-0.39, 0.29) is 0 Å².